The lowest BCUT2D eigenvalue weighted by atomic mass is 10.2. The number of halogens is 1. The molecule has 1 aliphatic heterocycles. The van der Waals surface area contributed by atoms with E-state index in [1.165, 1.54) is 6.33 Å². The van der Waals surface area contributed by atoms with E-state index >= 15 is 0 Å². The van der Waals surface area contributed by atoms with Gasteiger partial charge in [0, 0.05) is 37.6 Å². The number of carbonyl (C=O) groups excluding carboxylic acids is 1. The fourth-order valence-corrected chi connectivity index (χ4v) is 3.42. The SMILES string of the molecule is COc1cc(N2CCN(C(=O)c3cc(Cl)c4ccccc4n3)CC2)ncn1. The standard InChI is InChI=1S/C19H18ClN5O2/c1-27-18-11-17(21-12-22-18)24-6-8-25(9-7-24)19(26)16-10-14(20)13-4-2-3-5-15(13)23-16/h2-5,10-12H,6-9H2,1H3. The van der Waals surface area contributed by atoms with E-state index in [4.69, 9.17) is 16.3 Å². The number of nitrogens with zero attached hydrogens (tertiary/aromatic N) is 5. The predicted molar refractivity (Wildman–Crippen MR) is 103 cm³/mol. The lowest BCUT2D eigenvalue weighted by Crippen LogP contribution is -2.49. The maximum absolute atomic E-state index is 12.9. The van der Waals surface area contributed by atoms with Crippen molar-refractivity contribution in [1.82, 2.24) is 19.9 Å². The van der Waals surface area contributed by atoms with E-state index in [1.807, 2.05) is 24.3 Å². The van der Waals surface area contributed by atoms with Crippen LogP contribution in [0.5, 0.6) is 5.88 Å². The van der Waals surface area contributed by atoms with Crippen LogP contribution in [0.2, 0.25) is 5.02 Å². The van der Waals surface area contributed by atoms with Crippen molar-refractivity contribution in [1.29, 1.82) is 0 Å². The summed E-state index contributed by atoms with van der Waals surface area (Å²) in [6.07, 6.45) is 1.48. The second-order valence-corrected chi connectivity index (χ2v) is 6.61. The number of aromatic nitrogens is 3. The van der Waals surface area contributed by atoms with E-state index in [1.54, 1.807) is 24.1 Å². The second kappa shape index (κ2) is 7.36. The van der Waals surface area contributed by atoms with Crippen molar-refractivity contribution < 1.29 is 9.53 Å². The maximum atomic E-state index is 12.9. The van der Waals surface area contributed by atoms with Gasteiger partial charge in [-0.3, -0.25) is 4.79 Å². The molecule has 3 heterocycles. The summed E-state index contributed by atoms with van der Waals surface area (Å²) in [6, 6.07) is 11.0. The van der Waals surface area contributed by atoms with Crippen LogP contribution in [-0.4, -0.2) is 59.0 Å². The quantitative estimate of drug-likeness (QED) is 0.692. The van der Waals surface area contributed by atoms with Crippen LogP contribution < -0.4 is 9.64 Å². The first kappa shape index (κ1) is 17.5. The summed E-state index contributed by atoms with van der Waals surface area (Å²) in [5.74, 6) is 1.21. The van der Waals surface area contributed by atoms with E-state index in [0.29, 0.717) is 42.8 Å². The van der Waals surface area contributed by atoms with Crippen LogP contribution in [0.3, 0.4) is 0 Å². The molecule has 8 heteroatoms. The van der Waals surface area contributed by atoms with Crippen LogP contribution in [0.15, 0.2) is 42.7 Å². The van der Waals surface area contributed by atoms with Crippen LogP contribution in [0.4, 0.5) is 5.82 Å². The fourth-order valence-electron chi connectivity index (χ4n) is 3.16. The molecule has 1 amide bonds. The van der Waals surface area contributed by atoms with Gasteiger partial charge < -0.3 is 14.5 Å². The molecule has 2 aromatic heterocycles. The minimum absolute atomic E-state index is 0.109. The zero-order valence-corrected chi connectivity index (χ0v) is 15.6. The van der Waals surface area contributed by atoms with Crippen molar-refractivity contribution in [2.24, 2.45) is 0 Å². The zero-order valence-electron chi connectivity index (χ0n) is 14.8. The first-order valence-corrected chi connectivity index (χ1v) is 8.99. The van der Waals surface area contributed by atoms with Crippen LogP contribution in [0, 0.1) is 0 Å². The molecule has 3 aromatic rings. The number of hydrogen-bond donors (Lipinski definition) is 0. The molecule has 1 aromatic carbocycles. The number of fused-ring (bicyclic) bond motifs is 1. The third-order valence-corrected chi connectivity index (χ3v) is 4.93. The number of carbonyl (C=O) groups is 1. The first-order valence-electron chi connectivity index (χ1n) is 8.61. The summed E-state index contributed by atoms with van der Waals surface area (Å²) < 4.78 is 5.15. The summed E-state index contributed by atoms with van der Waals surface area (Å²) in [4.78, 5) is 29.6. The summed E-state index contributed by atoms with van der Waals surface area (Å²) in [5, 5.41) is 1.38. The lowest BCUT2D eigenvalue weighted by Gasteiger charge is -2.35. The van der Waals surface area contributed by atoms with E-state index < -0.39 is 0 Å². The molecule has 7 nitrogen and oxygen atoms in total. The molecule has 0 unspecified atom stereocenters. The van der Waals surface area contributed by atoms with Gasteiger partial charge in [-0.05, 0) is 12.1 Å². The van der Waals surface area contributed by atoms with Crippen molar-refractivity contribution in [2.45, 2.75) is 0 Å². The van der Waals surface area contributed by atoms with Crippen LogP contribution >= 0.6 is 11.6 Å². The molecular weight excluding hydrogens is 366 g/mol. The van der Waals surface area contributed by atoms with Gasteiger partial charge in [0.05, 0.1) is 17.6 Å². The summed E-state index contributed by atoms with van der Waals surface area (Å²) in [6.45, 7) is 2.51. The van der Waals surface area contributed by atoms with Crippen LogP contribution in [0.25, 0.3) is 10.9 Å². The van der Waals surface area contributed by atoms with Crippen LogP contribution in [-0.2, 0) is 0 Å². The van der Waals surface area contributed by atoms with E-state index in [-0.39, 0.29) is 5.91 Å². The molecule has 4 rings (SSSR count). The van der Waals surface area contributed by atoms with Gasteiger partial charge >= 0.3 is 0 Å². The smallest absolute Gasteiger partial charge is 0.272 e. The van der Waals surface area contributed by atoms with Crippen molar-refractivity contribution in [3.05, 3.63) is 53.4 Å². The van der Waals surface area contributed by atoms with E-state index in [2.05, 4.69) is 19.9 Å². The highest BCUT2D eigenvalue weighted by Crippen LogP contribution is 2.24. The van der Waals surface area contributed by atoms with Gasteiger partial charge in [-0.15, -0.1) is 0 Å². The number of para-hydroxylation sites is 1. The molecule has 0 atom stereocenters. The minimum Gasteiger partial charge on any atom is -0.481 e. The molecule has 1 saturated heterocycles. The van der Waals surface area contributed by atoms with Gasteiger partial charge in [0.2, 0.25) is 5.88 Å². The van der Waals surface area contributed by atoms with E-state index in [0.717, 1.165) is 16.7 Å². The van der Waals surface area contributed by atoms with Crippen molar-refractivity contribution in [3.63, 3.8) is 0 Å². The molecule has 0 bridgehead atoms. The van der Waals surface area contributed by atoms with Crippen molar-refractivity contribution in [3.8, 4) is 5.88 Å². The van der Waals surface area contributed by atoms with Crippen LogP contribution in [0.1, 0.15) is 10.5 Å². The number of rotatable bonds is 3. The Kier molecular flexibility index (Phi) is 4.77. The largest absolute Gasteiger partial charge is 0.481 e. The Labute approximate surface area is 161 Å². The Morgan fingerprint density at radius 2 is 1.89 bits per heavy atom. The Balaban J connectivity index is 1.48. The maximum Gasteiger partial charge on any atom is 0.272 e. The normalized spacial score (nSPS) is 14.4. The molecular formula is C19H18ClN5O2. The van der Waals surface area contributed by atoms with Crippen molar-refractivity contribution >= 4 is 34.2 Å². The molecule has 1 aliphatic rings. The van der Waals surface area contributed by atoms with Gasteiger partial charge in [0.15, 0.2) is 0 Å². The topological polar surface area (TPSA) is 71.5 Å². The minimum atomic E-state index is -0.109. The molecule has 1 fully saturated rings. The summed E-state index contributed by atoms with van der Waals surface area (Å²) >= 11 is 6.33. The Morgan fingerprint density at radius 1 is 1.11 bits per heavy atom. The molecule has 138 valence electrons. The number of pyridine rings is 1. The zero-order chi connectivity index (χ0) is 18.8. The monoisotopic (exact) mass is 383 g/mol. The first-order chi connectivity index (χ1) is 13.2. The van der Waals surface area contributed by atoms with E-state index in [9.17, 15) is 4.79 Å². The second-order valence-electron chi connectivity index (χ2n) is 6.20. The number of ether oxygens (including phenoxy) is 1. The highest BCUT2D eigenvalue weighted by atomic mass is 35.5. The number of benzene rings is 1. The van der Waals surface area contributed by atoms with Gasteiger partial charge in [-0.2, -0.15) is 0 Å². The van der Waals surface area contributed by atoms with Gasteiger partial charge in [0.25, 0.3) is 5.91 Å². The molecule has 27 heavy (non-hydrogen) atoms. The highest BCUT2D eigenvalue weighted by Gasteiger charge is 2.24. The fraction of sp³-hybridized carbons (Fsp3) is 0.263. The van der Waals surface area contributed by atoms with Crippen molar-refractivity contribution in [2.75, 3.05) is 38.2 Å². The number of amides is 1. The van der Waals surface area contributed by atoms with Gasteiger partial charge in [0.1, 0.15) is 17.8 Å². The Bertz CT molecular complexity index is 989. The average molecular weight is 384 g/mol. The predicted octanol–water partition coefficient (Wildman–Crippen LogP) is 2.65. The Morgan fingerprint density at radius 3 is 2.67 bits per heavy atom. The number of methoxy groups -OCH3 is 1. The Hall–Kier alpha value is -2.93. The average Bonchev–Trinajstić information content (AvgIpc) is 2.73. The lowest BCUT2D eigenvalue weighted by molar-refractivity contribution is 0.0741. The molecule has 0 spiro atoms. The molecule has 0 N–H and O–H groups in total. The third-order valence-electron chi connectivity index (χ3n) is 4.61. The molecule has 0 aliphatic carbocycles. The number of piperazine rings is 1. The number of hydrogen-bond acceptors (Lipinski definition) is 6. The summed E-state index contributed by atoms with van der Waals surface area (Å²) in [7, 11) is 1.57. The highest BCUT2D eigenvalue weighted by molar-refractivity contribution is 6.35. The molecule has 0 saturated carbocycles. The van der Waals surface area contributed by atoms with Gasteiger partial charge in [-0.25, -0.2) is 15.0 Å². The third kappa shape index (κ3) is 3.50. The summed E-state index contributed by atoms with van der Waals surface area (Å²) in [5.41, 5.74) is 1.09. The number of anilines is 1. The van der Waals surface area contributed by atoms with Gasteiger partial charge in [-0.1, -0.05) is 29.8 Å². The molecule has 0 radical (unpaired) electrons.